The Kier molecular flexibility index (Phi) is 7.35. The molecule has 36 heavy (non-hydrogen) atoms. The maximum Gasteiger partial charge on any atom is 0.338 e. The number of ether oxygens (including phenoxy) is 3. The van der Waals surface area contributed by atoms with Gasteiger partial charge in [0.25, 0.3) is 5.91 Å². The van der Waals surface area contributed by atoms with Gasteiger partial charge in [-0.2, -0.15) is 0 Å². The van der Waals surface area contributed by atoms with E-state index in [-0.39, 0.29) is 16.7 Å². The molecule has 0 bridgehead atoms. The molecule has 0 unspecified atom stereocenters. The molecular formula is C26H20N2O8. The average Bonchev–Trinajstić information content (AvgIpc) is 2.91. The number of fused-ring (bicyclic) bond motifs is 1. The zero-order valence-corrected chi connectivity index (χ0v) is 18.8. The first-order valence-electron chi connectivity index (χ1n) is 10.8. The summed E-state index contributed by atoms with van der Waals surface area (Å²) in [5.41, 5.74) is 0.804. The van der Waals surface area contributed by atoms with Crippen LogP contribution in [0.4, 0.5) is 10.5 Å². The van der Waals surface area contributed by atoms with E-state index in [1.54, 1.807) is 36.4 Å². The second-order valence-electron chi connectivity index (χ2n) is 7.54. The van der Waals surface area contributed by atoms with Crippen LogP contribution in [-0.2, 0) is 9.53 Å². The van der Waals surface area contributed by atoms with Crippen molar-refractivity contribution in [3.05, 3.63) is 89.5 Å². The molecule has 0 spiro atoms. The molecular weight excluding hydrogens is 468 g/mol. The van der Waals surface area contributed by atoms with E-state index in [0.717, 1.165) is 0 Å². The third-order valence-corrected chi connectivity index (χ3v) is 5.01. The Hall–Kier alpha value is -4.99. The van der Waals surface area contributed by atoms with Gasteiger partial charge in [0.05, 0.1) is 5.56 Å². The molecule has 0 radical (unpaired) electrons. The first kappa shape index (κ1) is 24.1. The van der Waals surface area contributed by atoms with Crippen LogP contribution in [0.3, 0.4) is 0 Å². The summed E-state index contributed by atoms with van der Waals surface area (Å²) >= 11 is 0. The van der Waals surface area contributed by atoms with Crippen LogP contribution in [-0.4, -0.2) is 49.3 Å². The van der Waals surface area contributed by atoms with E-state index >= 15 is 0 Å². The summed E-state index contributed by atoms with van der Waals surface area (Å²) in [6, 6.07) is 17.3. The van der Waals surface area contributed by atoms with Gasteiger partial charge >= 0.3 is 12.0 Å². The number of hydrogen-bond donors (Lipinski definition) is 2. The number of rotatable bonds is 7. The number of anilines is 1. The Morgan fingerprint density at radius 2 is 1.33 bits per heavy atom. The number of urea groups is 1. The van der Waals surface area contributed by atoms with E-state index in [0.29, 0.717) is 30.4 Å². The molecule has 10 nitrogen and oxygen atoms in total. The standard InChI is InChI=1S/C26H20N2O8/c29-22(28-26(33)27-19-10-11-20-21(14-19)35-13-12-34-20)15-36-25(32)18-8-6-17(7-9-18)24(31)23(30)16-4-2-1-3-5-16/h1-11,14H,12-13,15H2,(H2,27,28,29,33). The average molecular weight is 488 g/mol. The number of hydrogen-bond acceptors (Lipinski definition) is 8. The Balaban J connectivity index is 1.25. The predicted octanol–water partition coefficient (Wildman–Crippen LogP) is 3.03. The number of Topliss-reactive ketones (excluding diaryl/α,β-unsaturated/α-hetero) is 2. The van der Waals surface area contributed by atoms with Crippen LogP contribution in [0.5, 0.6) is 11.5 Å². The van der Waals surface area contributed by atoms with E-state index in [1.165, 1.54) is 36.4 Å². The van der Waals surface area contributed by atoms with E-state index in [9.17, 15) is 24.0 Å². The van der Waals surface area contributed by atoms with Crippen LogP contribution in [0.25, 0.3) is 0 Å². The predicted molar refractivity (Wildman–Crippen MR) is 126 cm³/mol. The minimum Gasteiger partial charge on any atom is -0.486 e. The fourth-order valence-corrected chi connectivity index (χ4v) is 3.27. The molecule has 2 N–H and O–H groups in total. The smallest absolute Gasteiger partial charge is 0.338 e. The highest BCUT2D eigenvalue weighted by molar-refractivity contribution is 6.49. The van der Waals surface area contributed by atoms with Crippen LogP contribution in [0.15, 0.2) is 72.8 Å². The van der Waals surface area contributed by atoms with Crippen molar-refractivity contribution in [2.45, 2.75) is 0 Å². The van der Waals surface area contributed by atoms with Crippen molar-refractivity contribution in [1.29, 1.82) is 0 Å². The van der Waals surface area contributed by atoms with Gasteiger partial charge in [-0.25, -0.2) is 9.59 Å². The van der Waals surface area contributed by atoms with Crippen molar-refractivity contribution >= 4 is 35.2 Å². The van der Waals surface area contributed by atoms with Gasteiger partial charge in [0.1, 0.15) is 13.2 Å². The first-order valence-corrected chi connectivity index (χ1v) is 10.8. The van der Waals surface area contributed by atoms with Crippen molar-refractivity contribution in [1.82, 2.24) is 5.32 Å². The number of esters is 1. The molecule has 0 aliphatic carbocycles. The normalized spacial score (nSPS) is 11.7. The van der Waals surface area contributed by atoms with Crippen molar-refractivity contribution < 1.29 is 38.2 Å². The largest absolute Gasteiger partial charge is 0.486 e. The lowest BCUT2D eigenvalue weighted by Gasteiger charge is -2.19. The zero-order chi connectivity index (χ0) is 25.5. The highest BCUT2D eigenvalue weighted by Crippen LogP contribution is 2.32. The summed E-state index contributed by atoms with van der Waals surface area (Å²) in [4.78, 5) is 60.9. The van der Waals surface area contributed by atoms with Crippen LogP contribution in [0.1, 0.15) is 31.1 Å². The van der Waals surface area contributed by atoms with E-state index < -0.39 is 36.1 Å². The number of ketones is 2. The maximum absolute atomic E-state index is 12.4. The number of nitrogens with one attached hydrogen (secondary N) is 2. The maximum atomic E-state index is 12.4. The van der Waals surface area contributed by atoms with Gasteiger partial charge in [-0.15, -0.1) is 0 Å². The van der Waals surface area contributed by atoms with Crippen LogP contribution >= 0.6 is 0 Å². The number of imide groups is 1. The van der Waals surface area contributed by atoms with Gasteiger partial charge in [-0.1, -0.05) is 42.5 Å². The second-order valence-corrected chi connectivity index (χ2v) is 7.54. The molecule has 1 heterocycles. The van der Waals surface area contributed by atoms with E-state index in [1.807, 2.05) is 5.32 Å². The van der Waals surface area contributed by atoms with Crippen molar-refractivity contribution in [2.75, 3.05) is 25.1 Å². The van der Waals surface area contributed by atoms with Crippen molar-refractivity contribution in [3.63, 3.8) is 0 Å². The number of benzene rings is 3. The molecule has 3 amide bonds. The topological polar surface area (TPSA) is 137 Å². The third kappa shape index (κ3) is 5.92. The van der Waals surface area contributed by atoms with Crippen LogP contribution in [0.2, 0.25) is 0 Å². The molecule has 0 saturated heterocycles. The minimum atomic E-state index is -0.848. The Morgan fingerprint density at radius 1 is 0.722 bits per heavy atom. The number of carbonyl (C=O) groups is 5. The number of carbonyl (C=O) groups excluding carboxylic acids is 5. The molecule has 3 aromatic carbocycles. The van der Waals surface area contributed by atoms with Gasteiger partial charge in [0.2, 0.25) is 11.6 Å². The number of amides is 3. The fraction of sp³-hybridized carbons (Fsp3) is 0.115. The van der Waals surface area contributed by atoms with Crippen molar-refractivity contribution in [3.8, 4) is 11.5 Å². The summed E-state index contributed by atoms with van der Waals surface area (Å²) in [6.45, 7) is 0.113. The van der Waals surface area contributed by atoms with Crippen LogP contribution < -0.4 is 20.1 Å². The summed E-state index contributed by atoms with van der Waals surface area (Å²) in [5.74, 6) is -2.06. The molecule has 0 atom stereocenters. The summed E-state index contributed by atoms with van der Waals surface area (Å²) < 4.78 is 15.7. The molecule has 4 rings (SSSR count). The van der Waals surface area contributed by atoms with Gasteiger partial charge in [-0.05, 0) is 24.3 Å². The monoisotopic (exact) mass is 488 g/mol. The Labute approximate surface area is 205 Å². The summed E-state index contributed by atoms with van der Waals surface area (Å²) in [7, 11) is 0. The molecule has 10 heteroatoms. The van der Waals surface area contributed by atoms with Gasteiger partial charge in [0.15, 0.2) is 18.1 Å². The minimum absolute atomic E-state index is 0.0623. The lowest BCUT2D eigenvalue weighted by molar-refractivity contribution is -0.123. The summed E-state index contributed by atoms with van der Waals surface area (Å²) in [6.07, 6.45) is 0. The van der Waals surface area contributed by atoms with E-state index in [2.05, 4.69) is 5.32 Å². The van der Waals surface area contributed by atoms with E-state index in [4.69, 9.17) is 14.2 Å². The quantitative estimate of drug-likeness (QED) is 0.294. The van der Waals surface area contributed by atoms with Crippen LogP contribution in [0, 0.1) is 0 Å². The Bertz CT molecular complexity index is 1320. The highest BCUT2D eigenvalue weighted by Gasteiger charge is 2.19. The zero-order valence-electron chi connectivity index (χ0n) is 18.8. The van der Waals surface area contributed by atoms with Crippen molar-refractivity contribution in [2.24, 2.45) is 0 Å². The van der Waals surface area contributed by atoms with Gasteiger partial charge in [0, 0.05) is 22.9 Å². The SMILES string of the molecule is O=C(COC(=O)c1ccc(C(=O)C(=O)c2ccccc2)cc1)NC(=O)Nc1ccc2c(c1)OCCO2. The second kappa shape index (κ2) is 11.0. The summed E-state index contributed by atoms with van der Waals surface area (Å²) in [5, 5.41) is 4.52. The molecule has 1 aliphatic rings. The third-order valence-electron chi connectivity index (χ3n) is 5.01. The fourth-order valence-electron chi connectivity index (χ4n) is 3.27. The lowest BCUT2D eigenvalue weighted by atomic mass is 10.0. The molecule has 0 fully saturated rings. The highest BCUT2D eigenvalue weighted by atomic mass is 16.6. The van der Waals surface area contributed by atoms with Gasteiger partial charge < -0.3 is 19.5 Å². The molecule has 0 aromatic heterocycles. The molecule has 182 valence electrons. The molecule has 3 aromatic rings. The first-order chi connectivity index (χ1) is 17.4. The molecule has 1 aliphatic heterocycles. The lowest BCUT2D eigenvalue weighted by Crippen LogP contribution is -2.37. The van der Waals surface area contributed by atoms with Gasteiger partial charge in [-0.3, -0.25) is 19.7 Å². The molecule has 0 saturated carbocycles. The Morgan fingerprint density at radius 3 is 2.03 bits per heavy atom.